The number of aromatic amines is 1. The van der Waals surface area contributed by atoms with Crippen molar-refractivity contribution in [1.82, 2.24) is 9.97 Å². The number of nitrogens with zero attached hydrogens (tertiary/aromatic N) is 1. The minimum absolute atomic E-state index is 0.0687. The highest BCUT2D eigenvalue weighted by molar-refractivity contribution is 5.80. The Hall–Kier alpha value is -2.30. The molecule has 1 aromatic heterocycles. The molecule has 2 nitrogen and oxygen atoms in total. The predicted molar refractivity (Wildman–Crippen MR) is 75.9 cm³/mol. The molecule has 0 aliphatic heterocycles. The van der Waals surface area contributed by atoms with Gasteiger partial charge in [0.05, 0.1) is 16.6 Å². The van der Waals surface area contributed by atoms with Gasteiger partial charge in [-0.15, -0.1) is 0 Å². The number of alkyl halides is 3. The van der Waals surface area contributed by atoms with E-state index in [1.807, 2.05) is 25.1 Å². The van der Waals surface area contributed by atoms with Crippen LogP contribution in [0.3, 0.4) is 0 Å². The first-order chi connectivity index (χ1) is 9.99. The van der Waals surface area contributed by atoms with E-state index in [0.29, 0.717) is 5.52 Å². The quantitative estimate of drug-likeness (QED) is 0.720. The van der Waals surface area contributed by atoms with E-state index in [9.17, 15) is 13.2 Å². The molecule has 3 aromatic rings. The smallest absolute Gasteiger partial charge is 0.338 e. The summed E-state index contributed by atoms with van der Waals surface area (Å²) >= 11 is 0. The maximum atomic E-state index is 13.1. The molecule has 1 N–H and O–H groups in total. The van der Waals surface area contributed by atoms with Crippen molar-refractivity contribution in [3.8, 4) is 11.4 Å². The summed E-state index contributed by atoms with van der Waals surface area (Å²) in [5, 5.41) is 0. The van der Waals surface area contributed by atoms with Crippen LogP contribution in [0.2, 0.25) is 0 Å². The van der Waals surface area contributed by atoms with Gasteiger partial charge >= 0.3 is 6.18 Å². The fraction of sp³-hybridized carbons (Fsp3) is 0.188. The molecular formula is C16H13F3N2. The first-order valence-corrected chi connectivity index (χ1v) is 6.64. The molecule has 0 bridgehead atoms. The van der Waals surface area contributed by atoms with Crippen LogP contribution in [0.4, 0.5) is 13.2 Å². The van der Waals surface area contributed by atoms with Crippen LogP contribution >= 0.6 is 0 Å². The summed E-state index contributed by atoms with van der Waals surface area (Å²) in [5.41, 5.74) is 1.92. The van der Waals surface area contributed by atoms with Crippen LogP contribution in [0.15, 0.2) is 42.5 Å². The Kier molecular flexibility index (Phi) is 3.20. The fourth-order valence-corrected chi connectivity index (χ4v) is 2.34. The van der Waals surface area contributed by atoms with Gasteiger partial charge in [-0.1, -0.05) is 31.2 Å². The third-order valence-electron chi connectivity index (χ3n) is 3.44. The number of hydrogen-bond donors (Lipinski definition) is 1. The Morgan fingerprint density at radius 1 is 1.10 bits per heavy atom. The van der Waals surface area contributed by atoms with E-state index in [4.69, 9.17) is 0 Å². The number of hydrogen-bond acceptors (Lipinski definition) is 1. The molecule has 0 unspecified atom stereocenters. The number of fused-ring (bicyclic) bond motifs is 1. The Bertz CT molecular complexity index is 788. The molecule has 0 saturated heterocycles. The number of benzene rings is 2. The van der Waals surface area contributed by atoms with E-state index in [2.05, 4.69) is 9.97 Å². The standard InChI is InChI=1S/C16H13F3N2/c1-2-10-7-8-13-14(9-10)21-15(20-13)11-5-3-4-6-12(11)16(17,18)19/h3-9H,2H2,1H3,(H,20,21). The maximum Gasteiger partial charge on any atom is 0.417 e. The number of halogens is 3. The van der Waals surface area contributed by atoms with Crippen molar-refractivity contribution in [1.29, 1.82) is 0 Å². The van der Waals surface area contributed by atoms with E-state index < -0.39 is 11.7 Å². The summed E-state index contributed by atoms with van der Waals surface area (Å²) in [5.74, 6) is 0.242. The summed E-state index contributed by atoms with van der Waals surface area (Å²) in [6, 6.07) is 11.1. The van der Waals surface area contributed by atoms with Crippen molar-refractivity contribution in [2.75, 3.05) is 0 Å². The topological polar surface area (TPSA) is 28.7 Å². The van der Waals surface area contributed by atoms with Crippen molar-refractivity contribution in [2.24, 2.45) is 0 Å². The SMILES string of the molecule is CCc1ccc2nc(-c3ccccc3C(F)(F)F)[nH]c2c1. The van der Waals surface area contributed by atoms with Gasteiger partial charge in [-0.2, -0.15) is 13.2 Å². The van der Waals surface area contributed by atoms with Gasteiger partial charge in [0, 0.05) is 5.56 Å². The minimum Gasteiger partial charge on any atom is -0.338 e. The molecule has 0 spiro atoms. The Labute approximate surface area is 119 Å². The van der Waals surface area contributed by atoms with Crippen LogP contribution in [0, 0.1) is 0 Å². The summed E-state index contributed by atoms with van der Waals surface area (Å²) in [4.78, 5) is 7.26. The minimum atomic E-state index is -4.40. The third kappa shape index (κ3) is 2.51. The lowest BCUT2D eigenvalue weighted by Crippen LogP contribution is -2.07. The van der Waals surface area contributed by atoms with Crippen molar-refractivity contribution >= 4 is 11.0 Å². The zero-order valence-corrected chi connectivity index (χ0v) is 11.3. The fourth-order valence-electron chi connectivity index (χ4n) is 2.34. The normalized spacial score (nSPS) is 12.0. The highest BCUT2D eigenvalue weighted by Gasteiger charge is 2.34. The first-order valence-electron chi connectivity index (χ1n) is 6.64. The largest absolute Gasteiger partial charge is 0.417 e. The van der Waals surface area contributed by atoms with Gasteiger partial charge in [-0.3, -0.25) is 0 Å². The number of H-pyrrole nitrogens is 1. The van der Waals surface area contributed by atoms with E-state index in [1.54, 1.807) is 6.07 Å². The number of nitrogens with one attached hydrogen (secondary N) is 1. The van der Waals surface area contributed by atoms with Gasteiger partial charge in [0.25, 0.3) is 0 Å². The van der Waals surface area contributed by atoms with Gasteiger partial charge in [-0.25, -0.2) is 4.98 Å². The summed E-state index contributed by atoms with van der Waals surface area (Å²) in [6.45, 7) is 2.03. The molecule has 108 valence electrons. The van der Waals surface area contributed by atoms with Crippen LogP contribution < -0.4 is 0 Å². The van der Waals surface area contributed by atoms with Crippen molar-refractivity contribution in [3.63, 3.8) is 0 Å². The van der Waals surface area contributed by atoms with Crippen LogP contribution in [0.1, 0.15) is 18.1 Å². The summed E-state index contributed by atoms with van der Waals surface area (Å²) in [7, 11) is 0. The number of aryl methyl sites for hydroxylation is 1. The van der Waals surface area contributed by atoms with E-state index in [-0.39, 0.29) is 11.4 Å². The lowest BCUT2D eigenvalue weighted by Gasteiger charge is -2.10. The molecule has 0 aliphatic carbocycles. The zero-order valence-electron chi connectivity index (χ0n) is 11.3. The highest BCUT2D eigenvalue weighted by atomic mass is 19.4. The molecule has 0 radical (unpaired) electrons. The molecular weight excluding hydrogens is 277 g/mol. The lowest BCUT2D eigenvalue weighted by molar-refractivity contribution is -0.137. The number of imidazole rings is 1. The van der Waals surface area contributed by atoms with Gasteiger partial charge in [0.15, 0.2) is 0 Å². The molecule has 0 saturated carbocycles. The summed E-state index contributed by atoms with van der Waals surface area (Å²) in [6.07, 6.45) is -3.53. The molecule has 0 atom stereocenters. The Balaban J connectivity index is 2.17. The van der Waals surface area contributed by atoms with E-state index in [0.717, 1.165) is 23.6 Å². The molecule has 2 aromatic carbocycles. The number of aromatic nitrogens is 2. The van der Waals surface area contributed by atoms with Crippen LogP contribution in [0.5, 0.6) is 0 Å². The molecule has 0 aliphatic rings. The second kappa shape index (κ2) is 4.91. The molecule has 5 heteroatoms. The summed E-state index contributed by atoms with van der Waals surface area (Å²) < 4.78 is 39.2. The highest BCUT2D eigenvalue weighted by Crippen LogP contribution is 2.36. The Morgan fingerprint density at radius 2 is 1.86 bits per heavy atom. The predicted octanol–water partition coefficient (Wildman–Crippen LogP) is 4.81. The number of rotatable bonds is 2. The van der Waals surface area contributed by atoms with Gasteiger partial charge in [0.1, 0.15) is 5.82 Å². The lowest BCUT2D eigenvalue weighted by atomic mass is 10.1. The van der Waals surface area contributed by atoms with Crippen molar-refractivity contribution in [2.45, 2.75) is 19.5 Å². The molecule has 21 heavy (non-hydrogen) atoms. The Morgan fingerprint density at radius 3 is 2.57 bits per heavy atom. The second-order valence-corrected chi connectivity index (χ2v) is 4.83. The molecule has 1 heterocycles. The van der Waals surface area contributed by atoms with Crippen LogP contribution in [-0.2, 0) is 12.6 Å². The average Bonchev–Trinajstić information content (AvgIpc) is 2.89. The van der Waals surface area contributed by atoms with Crippen LogP contribution in [0.25, 0.3) is 22.4 Å². The molecule has 0 amide bonds. The van der Waals surface area contributed by atoms with Crippen LogP contribution in [-0.4, -0.2) is 9.97 Å². The van der Waals surface area contributed by atoms with Crippen molar-refractivity contribution < 1.29 is 13.2 Å². The maximum absolute atomic E-state index is 13.1. The van der Waals surface area contributed by atoms with E-state index in [1.165, 1.54) is 12.1 Å². The van der Waals surface area contributed by atoms with Gasteiger partial charge < -0.3 is 4.98 Å². The monoisotopic (exact) mass is 290 g/mol. The van der Waals surface area contributed by atoms with Gasteiger partial charge in [-0.05, 0) is 30.2 Å². The second-order valence-electron chi connectivity index (χ2n) is 4.83. The molecule has 3 rings (SSSR count). The molecule has 0 fully saturated rings. The third-order valence-corrected chi connectivity index (χ3v) is 3.44. The zero-order chi connectivity index (χ0) is 15.0. The van der Waals surface area contributed by atoms with E-state index >= 15 is 0 Å². The first kappa shape index (κ1) is 13.7. The van der Waals surface area contributed by atoms with Crippen molar-refractivity contribution in [3.05, 3.63) is 53.6 Å². The average molecular weight is 290 g/mol. The van der Waals surface area contributed by atoms with Gasteiger partial charge in [0.2, 0.25) is 0 Å².